The Hall–Kier alpha value is -1.71. The third-order valence-electron chi connectivity index (χ3n) is 2.72. The monoisotopic (exact) mass is 203 g/mol. The molecule has 0 atom stereocenters. The van der Waals surface area contributed by atoms with E-state index in [-0.39, 0.29) is 0 Å². The molecular formula is C11H10FN3. The SMILES string of the molecule is Fc1nc2ncccc2cc1N1CCC1. The highest BCUT2D eigenvalue weighted by Crippen LogP contribution is 2.25. The molecule has 0 radical (unpaired) electrons. The van der Waals surface area contributed by atoms with Gasteiger partial charge >= 0.3 is 0 Å². The van der Waals surface area contributed by atoms with Gasteiger partial charge in [-0.2, -0.15) is 9.37 Å². The average molecular weight is 203 g/mol. The standard InChI is InChI=1S/C11H10FN3/c12-10-9(15-5-2-6-15)7-8-3-1-4-13-11(8)14-10/h1,3-4,7H,2,5-6H2. The Bertz CT molecular complexity index is 508. The minimum absolute atomic E-state index is 0.416. The van der Waals surface area contributed by atoms with Crippen LogP contribution in [0.5, 0.6) is 0 Å². The van der Waals surface area contributed by atoms with Crippen molar-refractivity contribution in [1.29, 1.82) is 0 Å². The van der Waals surface area contributed by atoms with E-state index in [4.69, 9.17) is 0 Å². The second-order valence-electron chi connectivity index (χ2n) is 3.69. The van der Waals surface area contributed by atoms with E-state index in [2.05, 4.69) is 9.97 Å². The molecule has 1 fully saturated rings. The third kappa shape index (κ3) is 1.33. The van der Waals surface area contributed by atoms with Gasteiger partial charge in [0.15, 0.2) is 5.65 Å². The van der Waals surface area contributed by atoms with Crippen LogP contribution in [0.25, 0.3) is 11.0 Å². The van der Waals surface area contributed by atoms with E-state index in [0.717, 1.165) is 24.9 Å². The van der Waals surface area contributed by atoms with E-state index in [0.29, 0.717) is 11.3 Å². The van der Waals surface area contributed by atoms with Crippen LogP contribution in [-0.2, 0) is 0 Å². The van der Waals surface area contributed by atoms with Crippen molar-refractivity contribution in [3.8, 4) is 0 Å². The molecule has 1 aliphatic heterocycles. The van der Waals surface area contributed by atoms with Crippen molar-refractivity contribution >= 4 is 16.7 Å². The van der Waals surface area contributed by atoms with Crippen LogP contribution in [0.2, 0.25) is 0 Å². The molecule has 4 heteroatoms. The maximum atomic E-state index is 13.6. The lowest BCUT2D eigenvalue weighted by molar-refractivity contribution is 0.551. The maximum absolute atomic E-state index is 13.6. The minimum atomic E-state index is -0.416. The first kappa shape index (κ1) is 8.59. The number of anilines is 1. The van der Waals surface area contributed by atoms with Gasteiger partial charge in [0.05, 0.1) is 5.69 Å². The fraction of sp³-hybridized carbons (Fsp3) is 0.273. The highest BCUT2D eigenvalue weighted by molar-refractivity contribution is 5.78. The summed E-state index contributed by atoms with van der Waals surface area (Å²) in [6.45, 7) is 1.84. The molecular weight excluding hydrogens is 193 g/mol. The lowest BCUT2D eigenvalue weighted by Gasteiger charge is -2.33. The quantitative estimate of drug-likeness (QED) is 0.663. The lowest BCUT2D eigenvalue weighted by atomic mass is 10.2. The summed E-state index contributed by atoms with van der Waals surface area (Å²) in [6, 6.07) is 5.56. The third-order valence-corrected chi connectivity index (χ3v) is 2.72. The highest BCUT2D eigenvalue weighted by atomic mass is 19.1. The molecule has 0 aromatic carbocycles. The molecule has 2 aromatic rings. The van der Waals surface area contributed by atoms with E-state index in [1.807, 2.05) is 23.1 Å². The molecule has 0 saturated carbocycles. The topological polar surface area (TPSA) is 29.0 Å². The van der Waals surface area contributed by atoms with Gasteiger partial charge in [0, 0.05) is 24.7 Å². The summed E-state index contributed by atoms with van der Waals surface area (Å²) < 4.78 is 13.6. The molecule has 1 aliphatic rings. The first-order valence-electron chi connectivity index (χ1n) is 5.01. The van der Waals surface area contributed by atoms with Gasteiger partial charge in [0.1, 0.15) is 0 Å². The van der Waals surface area contributed by atoms with E-state index in [9.17, 15) is 4.39 Å². The Morgan fingerprint density at radius 1 is 1.33 bits per heavy atom. The summed E-state index contributed by atoms with van der Waals surface area (Å²) in [7, 11) is 0. The number of rotatable bonds is 1. The van der Waals surface area contributed by atoms with Gasteiger partial charge in [-0.15, -0.1) is 0 Å². The molecule has 3 nitrogen and oxygen atoms in total. The van der Waals surface area contributed by atoms with Crippen LogP contribution in [0, 0.1) is 5.95 Å². The molecule has 0 bridgehead atoms. The number of halogens is 1. The van der Waals surface area contributed by atoms with Gasteiger partial charge in [-0.05, 0) is 24.6 Å². The van der Waals surface area contributed by atoms with Crippen molar-refractivity contribution in [2.45, 2.75) is 6.42 Å². The zero-order valence-corrected chi connectivity index (χ0v) is 8.15. The van der Waals surface area contributed by atoms with Crippen molar-refractivity contribution in [1.82, 2.24) is 9.97 Å². The van der Waals surface area contributed by atoms with Crippen molar-refractivity contribution in [3.63, 3.8) is 0 Å². The smallest absolute Gasteiger partial charge is 0.238 e. The Labute approximate surface area is 86.6 Å². The molecule has 15 heavy (non-hydrogen) atoms. The van der Waals surface area contributed by atoms with Crippen LogP contribution in [0.1, 0.15) is 6.42 Å². The second kappa shape index (κ2) is 3.15. The zero-order valence-electron chi connectivity index (χ0n) is 8.15. The molecule has 0 aliphatic carbocycles. The van der Waals surface area contributed by atoms with Crippen LogP contribution in [0.3, 0.4) is 0 Å². The summed E-state index contributed by atoms with van der Waals surface area (Å²) >= 11 is 0. The fourth-order valence-electron chi connectivity index (χ4n) is 1.75. The fourth-order valence-corrected chi connectivity index (χ4v) is 1.75. The second-order valence-corrected chi connectivity index (χ2v) is 3.69. The predicted molar refractivity (Wildman–Crippen MR) is 56.3 cm³/mol. The Morgan fingerprint density at radius 3 is 2.93 bits per heavy atom. The van der Waals surface area contributed by atoms with Gasteiger partial charge in [0.2, 0.25) is 5.95 Å². The van der Waals surface area contributed by atoms with Crippen LogP contribution < -0.4 is 4.90 Å². The molecule has 0 N–H and O–H groups in total. The molecule has 0 unspecified atom stereocenters. The van der Waals surface area contributed by atoms with Gasteiger partial charge in [-0.25, -0.2) is 4.98 Å². The largest absolute Gasteiger partial charge is 0.368 e. The first-order chi connectivity index (χ1) is 7.34. The molecule has 0 amide bonds. The van der Waals surface area contributed by atoms with Crippen molar-refractivity contribution < 1.29 is 4.39 Å². The number of hydrogen-bond acceptors (Lipinski definition) is 3. The van der Waals surface area contributed by atoms with Crippen LogP contribution >= 0.6 is 0 Å². The van der Waals surface area contributed by atoms with Crippen molar-refractivity contribution in [3.05, 3.63) is 30.3 Å². The Morgan fingerprint density at radius 2 is 2.20 bits per heavy atom. The van der Waals surface area contributed by atoms with Gasteiger partial charge in [0.25, 0.3) is 0 Å². The van der Waals surface area contributed by atoms with E-state index >= 15 is 0 Å². The zero-order chi connectivity index (χ0) is 10.3. The molecule has 76 valence electrons. The van der Waals surface area contributed by atoms with Crippen molar-refractivity contribution in [2.24, 2.45) is 0 Å². The Kier molecular flexibility index (Phi) is 1.80. The number of fused-ring (bicyclic) bond motifs is 1. The summed E-state index contributed by atoms with van der Waals surface area (Å²) in [4.78, 5) is 9.87. The predicted octanol–water partition coefficient (Wildman–Crippen LogP) is 1.98. The van der Waals surface area contributed by atoms with Crippen LogP contribution in [-0.4, -0.2) is 23.1 Å². The first-order valence-corrected chi connectivity index (χ1v) is 5.01. The molecule has 0 spiro atoms. The minimum Gasteiger partial charge on any atom is -0.368 e. The normalized spacial score (nSPS) is 15.4. The molecule has 3 rings (SSSR count). The number of pyridine rings is 2. The van der Waals surface area contributed by atoms with Gasteiger partial charge in [-0.1, -0.05) is 0 Å². The van der Waals surface area contributed by atoms with E-state index in [1.165, 1.54) is 0 Å². The molecule has 1 saturated heterocycles. The van der Waals surface area contributed by atoms with Crippen LogP contribution in [0.4, 0.5) is 10.1 Å². The maximum Gasteiger partial charge on any atom is 0.238 e. The number of aromatic nitrogens is 2. The molecule has 3 heterocycles. The Balaban J connectivity index is 2.17. The summed E-state index contributed by atoms with van der Waals surface area (Å²) in [5.74, 6) is -0.416. The summed E-state index contributed by atoms with van der Waals surface area (Å²) in [5, 5.41) is 0.890. The van der Waals surface area contributed by atoms with E-state index < -0.39 is 5.95 Å². The highest BCUT2D eigenvalue weighted by Gasteiger charge is 2.19. The summed E-state index contributed by atoms with van der Waals surface area (Å²) in [6.07, 6.45) is 2.75. The number of nitrogens with zero attached hydrogens (tertiary/aromatic N) is 3. The summed E-state index contributed by atoms with van der Waals surface area (Å²) in [5.41, 5.74) is 1.07. The van der Waals surface area contributed by atoms with Crippen molar-refractivity contribution in [2.75, 3.05) is 18.0 Å². The number of hydrogen-bond donors (Lipinski definition) is 0. The average Bonchev–Trinajstić information content (AvgIpc) is 2.16. The van der Waals surface area contributed by atoms with Gasteiger partial charge in [-0.3, -0.25) is 0 Å². The van der Waals surface area contributed by atoms with Gasteiger partial charge < -0.3 is 4.90 Å². The van der Waals surface area contributed by atoms with Crippen LogP contribution in [0.15, 0.2) is 24.4 Å². The lowest BCUT2D eigenvalue weighted by Crippen LogP contribution is -2.37. The molecule has 2 aromatic heterocycles. The van der Waals surface area contributed by atoms with E-state index in [1.54, 1.807) is 6.20 Å².